The van der Waals surface area contributed by atoms with E-state index in [1.807, 2.05) is 30.3 Å². The van der Waals surface area contributed by atoms with Crippen LogP contribution in [0.4, 0.5) is 0 Å². The topological polar surface area (TPSA) is 72.7 Å². The molecule has 7 heteroatoms. The van der Waals surface area contributed by atoms with Gasteiger partial charge < -0.3 is 5.32 Å². The minimum atomic E-state index is 0.109. The predicted octanol–water partition coefficient (Wildman–Crippen LogP) is 2.59. The summed E-state index contributed by atoms with van der Waals surface area (Å²) in [6.07, 6.45) is 4.81. The van der Waals surface area contributed by atoms with Gasteiger partial charge in [-0.05, 0) is 41.3 Å². The van der Waals surface area contributed by atoms with Gasteiger partial charge in [0.25, 0.3) is 0 Å². The van der Waals surface area contributed by atoms with Crippen LogP contribution in [-0.4, -0.2) is 37.9 Å². The number of tetrazole rings is 1. The lowest BCUT2D eigenvalue weighted by atomic mass is 9.86. The Morgan fingerprint density at radius 2 is 2.08 bits per heavy atom. The summed E-state index contributed by atoms with van der Waals surface area (Å²) in [4.78, 5) is 12.1. The minimum absolute atomic E-state index is 0.109. The average molecular weight is 345 g/mol. The first-order valence-electron chi connectivity index (χ1n) is 8.44. The Balaban J connectivity index is 1.48. The van der Waals surface area contributed by atoms with Crippen LogP contribution in [0.1, 0.15) is 38.4 Å². The normalized spacial score (nSPS) is 20.7. The van der Waals surface area contributed by atoms with Crippen LogP contribution in [0.2, 0.25) is 0 Å². The highest BCUT2D eigenvalue weighted by Crippen LogP contribution is 2.23. The summed E-state index contributed by atoms with van der Waals surface area (Å²) in [5.74, 6) is 2.49. The highest BCUT2D eigenvalue weighted by Gasteiger charge is 2.22. The van der Waals surface area contributed by atoms with E-state index >= 15 is 0 Å². The number of carbonyl (C=O) groups excluding carboxylic acids is 1. The third-order valence-electron chi connectivity index (χ3n) is 4.46. The molecule has 1 fully saturated rings. The van der Waals surface area contributed by atoms with Crippen molar-refractivity contribution in [2.45, 2.75) is 44.4 Å². The van der Waals surface area contributed by atoms with E-state index in [2.05, 4.69) is 27.8 Å². The van der Waals surface area contributed by atoms with Crippen LogP contribution in [0.15, 0.2) is 30.3 Å². The fourth-order valence-corrected chi connectivity index (χ4v) is 3.81. The molecule has 1 heterocycles. The number of benzene rings is 1. The Labute approximate surface area is 146 Å². The van der Waals surface area contributed by atoms with Gasteiger partial charge in [0.2, 0.25) is 5.91 Å². The smallest absolute Gasteiger partial charge is 0.230 e. The molecule has 6 nitrogen and oxygen atoms in total. The maximum Gasteiger partial charge on any atom is 0.230 e. The number of carbonyl (C=O) groups is 1. The summed E-state index contributed by atoms with van der Waals surface area (Å²) >= 11 is 1.54. The van der Waals surface area contributed by atoms with Gasteiger partial charge in [-0.3, -0.25) is 4.79 Å². The molecule has 0 bridgehead atoms. The Kier molecular flexibility index (Phi) is 5.85. The molecule has 1 aromatic carbocycles. The summed E-state index contributed by atoms with van der Waals surface area (Å²) in [6, 6.07) is 10.1. The zero-order chi connectivity index (χ0) is 16.8. The van der Waals surface area contributed by atoms with Crippen molar-refractivity contribution < 1.29 is 4.79 Å². The molecule has 0 spiro atoms. The number of amides is 1. The summed E-state index contributed by atoms with van der Waals surface area (Å²) in [7, 11) is 0. The first-order valence-corrected chi connectivity index (χ1v) is 9.59. The number of thioether (sulfide) groups is 1. The monoisotopic (exact) mass is 345 g/mol. The minimum Gasteiger partial charge on any atom is -0.352 e. The molecule has 1 aliphatic carbocycles. The van der Waals surface area contributed by atoms with E-state index in [-0.39, 0.29) is 5.91 Å². The van der Waals surface area contributed by atoms with Gasteiger partial charge in [-0.2, -0.15) is 4.68 Å². The largest absolute Gasteiger partial charge is 0.352 e. The van der Waals surface area contributed by atoms with Gasteiger partial charge in [-0.25, -0.2) is 0 Å². The molecule has 0 radical (unpaired) electrons. The van der Waals surface area contributed by atoms with Gasteiger partial charge in [0.15, 0.2) is 5.82 Å². The molecule has 1 aliphatic rings. The quantitative estimate of drug-likeness (QED) is 0.871. The first kappa shape index (κ1) is 17.0. The molecule has 0 aliphatic heterocycles. The molecule has 1 aromatic heterocycles. The zero-order valence-electron chi connectivity index (χ0n) is 13.9. The van der Waals surface area contributed by atoms with Crippen molar-refractivity contribution in [2.75, 3.05) is 5.75 Å². The van der Waals surface area contributed by atoms with Crippen molar-refractivity contribution in [1.29, 1.82) is 0 Å². The SMILES string of the molecule is C[C@@H]1CCCC[C@H]1NC(=O)CSCc1nnnn1-c1ccccc1. The highest BCUT2D eigenvalue weighted by molar-refractivity contribution is 7.99. The summed E-state index contributed by atoms with van der Waals surface area (Å²) in [5, 5.41) is 15.0. The van der Waals surface area contributed by atoms with E-state index in [4.69, 9.17) is 0 Å². The molecular weight excluding hydrogens is 322 g/mol. The molecule has 3 rings (SSSR count). The van der Waals surface area contributed by atoms with Gasteiger partial charge in [-0.1, -0.05) is 38.0 Å². The molecule has 0 unspecified atom stereocenters. The van der Waals surface area contributed by atoms with Crippen LogP contribution in [0.5, 0.6) is 0 Å². The highest BCUT2D eigenvalue weighted by atomic mass is 32.2. The Morgan fingerprint density at radius 1 is 1.29 bits per heavy atom. The lowest BCUT2D eigenvalue weighted by molar-refractivity contribution is -0.119. The number of nitrogens with one attached hydrogen (secondary N) is 1. The Morgan fingerprint density at radius 3 is 2.88 bits per heavy atom. The second kappa shape index (κ2) is 8.28. The number of hydrogen-bond acceptors (Lipinski definition) is 5. The van der Waals surface area contributed by atoms with E-state index in [1.165, 1.54) is 19.3 Å². The van der Waals surface area contributed by atoms with Crippen LogP contribution in [-0.2, 0) is 10.5 Å². The van der Waals surface area contributed by atoms with Gasteiger partial charge in [0.05, 0.1) is 17.2 Å². The van der Waals surface area contributed by atoms with Crippen LogP contribution in [0.3, 0.4) is 0 Å². The van der Waals surface area contributed by atoms with E-state index in [9.17, 15) is 4.79 Å². The van der Waals surface area contributed by atoms with Crippen molar-refractivity contribution in [3.8, 4) is 5.69 Å². The third kappa shape index (κ3) is 4.35. The third-order valence-corrected chi connectivity index (χ3v) is 5.39. The molecule has 2 atom stereocenters. The van der Waals surface area contributed by atoms with Crippen LogP contribution in [0.25, 0.3) is 5.69 Å². The van der Waals surface area contributed by atoms with Crippen molar-refractivity contribution in [3.63, 3.8) is 0 Å². The van der Waals surface area contributed by atoms with E-state index < -0.39 is 0 Å². The van der Waals surface area contributed by atoms with E-state index in [0.29, 0.717) is 23.5 Å². The average Bonchev–Trinajstić information content (AvgIpc) is 3.06. The Bertz CT molecular complexity index is 660. The number of hydrogen-bond donors (Lipinski definition) is 1. The van der Waals surface area contributed by atoms with Gasteiger partial charge in [0.1, 0.15) is 0 Å². The van der Waals surface area contributed by atoms with Gasteiger partial charge in [-0.15, -0.1) is 16.9 Å². The summed E-state index contributed by atoms with van der Waals surface area (Å²) < 4.78 is 1.72. The molecule has 1 saturated carbocycles. The number of para-hydroxylation sites is 1. The summed E-state index contributed by atoms with van der Waals surface area (Å²) in [6.45, 7) is 2.23. The van der Waals surface area contributed by atoms with Crippen molar-refractivity contribution in [2.24, 2.45) is 5.92 Å². The van der Waals surface area contributed by atoms with E-state index in [0.717, 1.165) is 17.9 Å². The second-order valence-corrected chi connectivity index (χ2v) is 7.26. The number of nitrogens with zero attached hydrogens (tertiary/aromatic N) is 4. The van der Waals surface area contributed by atoms with Crippen molar-refractivity contribution in [1.82, 2.24) is 25.5 Å². The molecule has 1 N–H and O–H groups in total. The van der Waals surface area contributed by atoms with E-state index in [1.54, 1.807) is 16.4 Å². The summed E-state index contributed by atoms with van der Waals surface area (Å²) in [5.41, 5.74) is 0.929. The molecule has 2 aromatic rings. The van der Waals surface area contributed by atoms with Crippen LogP contribution >= 0.6 is 11.8 Å². The lowest BCUT2D eigenvalue weighted by Gasteiger charge is -2.29. The first-order chi connectivity index (χ1) is 11.7. The van der Waals surface area contributed by atoms with Crippen LogP contribution in [0, 0.1) is 5.92 Å². The second-order valence-electron chi connectivity index (χ2n) is 6.27. The maximum absolute atomic E-state index is 12.1. The fraction of sp³-hybridized carbons (Fsp3) is 0.529. The van der Waals surface area contributed by atoms with Crippen molar-refractivity contribution in [3.05, 3.63) is 36.2 Å². The number of aromatic nitrogens is 4. The molecule has 1 amide bonds. The molecule has 0 saturated heterocycles. The molecular formula is C17H23N5OS. The molecule has 24 heavy (non-hydrogen) atoms. The molecule has 128 valence electrons. The van der Waals surface area contributed by atoms with Gasteiger partial charge in [0, 0.05) is 6.04 Å². The van der Waals surface area contributed by atoms with Crippen molar-refractivity contribution >= 4 is 17.7 Å². The fourth-order valence-electron chi connectivity index (χ4n) is 3.08. The standard InChI is InChI=1S/C17H23N5OS/c1-13-7-5-6-10-15(13)18-17(23)12-24-11-16-19-20-21-22(16)14-8-3-2-4-9-14/h2-4,8-9,13,15H,5-7,10-12H2,1H3,(H,18,23)/t13-,15-/m1/s1. The maximum atomic E-state index is 12.1. The predicted molar refractivity (Wildman–Crippen MR) is 94.9 cm³/mol. The Hall–Kier alpha value is -1.89. The lowest BCUT2D eigenvalue weighted by Crippen LogP contribution is -2.41. The van der Waals surface area contributed by atoms with Gasteiger partial charge >= 0.3 is 0 Å². The van der Waals surface area contributed by atoms with Crippen LogP contribution < -0.4 is 5.32 Å². The zero-order valence-corrected chi connectivity index (χ0v) is 14.7. The number of rotatable bonds is 6.